The van der Waals surface area contributed by atoms with Crippen LogP contribution in [0.2, 0.25) is 0 Å². The molecular formula is C22H23N3O3. The van der Waals surface area contributed by atoms with Crippen molar-refractivity contribution in [3.63, 3.8) is 0 Å². The summed E-state index contributed by atoms with van der Waals surface area (Å²) in [7, 11) is 0. The van der Waals surface area contributed by atoms with Crippen LogP contribution in [0.15, 0.2) is 54.6 Å². The van der Waals surface area contributed by atoms with Crippen LogP contribution < -0.4 is 5.32 Å². The molecular weight excluding hydrogens is 354 g/mol. The number of imide groups is 1. The minimum absolute atomic E-state index is 0.105. The lowest BCUT2D eigenvalue weighted by Gasteiger charge is -2.38. The van der Waals surface area contributed by atoms with Crippen LogP contribution in [0.25, 0.3) is 0 Å². The molecule has 6 nitrogen and oxygen atoms in total. The Bertz CT molecular complexity index is 928. The lowest BCUT2D eigenvalue weighted by molar-refractivity contribution is -0.133. The Morgan fingerprint density at radius 3 is 2.64 bits per heavy atom. The van der Waals surface area contributed by atoms with E-state index >= 15 is 0 Å². The van der Waals surface area contributed by atoms with Crippen LogP contribution in [0.3, 0.4) is 0 Å². The number of nitrogens with zero attached hydrogens (tertiary/aromatic N) is 2. The van der Waals surface area contributed by atoms with Crippen LogP contribution in [0.5, 0.6) is 0 Å². The Labute approximate surface area is 164 Å². The minimum atomic E-state index is -1.02. The molecule has 6 heteroatoms. The van der Waals surface area contributed by atoms with Crippen LogP contribution in [0.4, 0.5) is 4.79 Å². The molecule has 0 radical (unpaired) electrons. The number of rotatable bonds is 3. The zero-order valence-corrected chi connectivity index (χ0v) is 15.9. The summed E-state index contributed by atoms with van der Waals surface area (Å²) in [6.45, 7) is 2.96. The van der Waals surface area contributed by atoms with Gasteiger partial charge in [-0.05, 0) is 37.5 Å². The number of aryl methyl sites for hydroxylation is 1. The second-order valence-electron chi connectivity index (χ2n) is 7.59. The number of hydrogen-bond donors (Lipinski definition) is 1. The van der Waals surface area contributed by atoms with Crippen molar-refractivity contribution in [2.45, 2.75) is 31.8 Å². The second-order valence-corrected chi connectivity index (χ2v) is 7.59. The first-order chi connectivity index (χ1) is 13.5. The van der Waals surface area contributed by atoms with E-state index in [4.69, 9.17) is 0 Å². The fourth-order valence-electron chi connectivity index (χ4n) is 4.05. The van der Waals surface area contributed by atoms with E-state index in [1.165, 1.54) is 4.90 Å². The van der Waals surface area contributed by atoms with Crippen molar-refractivity contribution in [2.24, 2.45) is 0 Å². The van der Waals surface area contributed by atoms with E-state index in [1.807, 2.05) is 55.5 Å². The third-order valence-electron chi connectivity index (χ3n) is 5.47. The molecule has 0 bridgehead atoms. The summed E-state index contributed by atoms with van der Waals surface area (Å²) in [6, 6.07) is 16.5. The second kappa shape index (κ2) is 7.11. The van der Waals surface area contributed by atoms with Gasteiger partial charge in [0.25, 0.3) is 11.8 Å². The number of benzene rings is 2. The van der Waals surface area contributed by atoms with Crippen LogP contribution in [0, 0.1) is 6.92 Å². The predicted molar refractivity (Wildman–Crippen MR) is 105 cm³/mol. The molecule has 2 aromatic carbocycles. The van der Waals surface area contributed by atoms with E-state index in [2.05, 4.69) is 5.32 Å². The first kappa shape index (κ1) is 18.2. The molecule has 2 aliphatic rings. The Balaban J connectivity index is 1.53. The third-order valence-corrected chi connectivity index (χ3v) is 5.47. The van der Waals surface area contributed by atoms with Crippen molar-refractivity contribution in [3.8, 4) is 0 Å². The Hall–Kier alpha value is -3.15. The first-order valence-corrected chi connectivity index (χ1v) is 9.52. The number of likely N-dealkylation sites (tertiary alicyclic amines) is 1. The van der Waals surface area contributed by atoms with Gasteiger partial charge in [0.2, 0.25) is 0 Å². The monoisotopic (exact) mass is 377 g/mol. The van der Waals surface area contributed by atoms with Gasteiger partial charge in [-0.3, -0.25) is 14.5 Å². The molecule has 1 N–H and O–H groups in total. The highest BCUT2D eigenvalue weighted by Gasteiger charge is 2.53. The van der Waals surface area contributed by atoms with Gasteiger partial charge in [-0.2, -0.15) is 0 Å². The van der Waals surface area contributed by atoms with E-state index in [9.17, 15) is 14.4 Å². The van der Waals surface area contributed by atoms with Gasteiger partial charge in [0.1, 0.15) is 5.54 Å². The number of amides is 4. The number of hydrogen-bond acceptors (Lipinski definition) is 3. The fraction of sp³-hybridized carbons (Fsp3) is 0.318. The normalized spacial score (nSPS) is 21.9. The molecule has 4 amide bonds. The topological polar surface area (TPSA) is 69.7 Å². The van der Waals surface area contributed by atoms with E-state index in [0.29, 0.717) is 24.9 Å². The lowest BCUT2D eigenvalue weighted by Crippen LogP contribution is -2.59. The first-order valence-electron chi connectivity index (χ1n) is 9.52. The maximum atomic E-state index is 13.2. The van der Waals surface area contributed by atoms with Crippen molar-refractivity contribution in [2.75, 3.05) is 13.1 Å². The zero-order valence-electron chi connectivity index (χ0n) is 15.9. The molecule has 144 valence electrons. The molecule has 0 unspecified atom stereocenters. The lowest BCUT2D eigenvalue weighted by atomic mass is 9.88. The molecule has 0 saturated carbocycles. The van der Waals surface area contributed by atoms with Crippen molar-refractivity contribution in [1.29, 1.82) is 0 Å². The number of piperidine rings is 1. The Kier molecular flexibility index (Phi) is 4.63. The van der Waals surface area contributed by atoms with Crippen LogP contribution in [0.1, 0.15) is 34.3 Å². The van der Waals surface area contributed by atoms with E-state index in [1.54, 1.807) is 11.0 Å². The summed E-state index contributed by atoms with van der Waals surface area (Å²) in [5, 5.41) is 2.88. The molecule has 2 aromatic rings. The molecule has 2 saturated heterocycles. The average molecular weight is 377 g/mol. The number of urea groups is 1. The average Bonchev–Trinajstić information content (AvgIpc) is 2.92. The Morgan fingerprint density at radius 2 is 1.89 bits per heavy atom. The summed E-state index contributed by atoms with van der Waals surface area (Å²) in [6.07, 6.45) is 1.21. The molecule has 1 atom stereocenters. The van der Waals surface area contributed by atoms with E-state index in [-0.39, 0.29) is 24.9 Å². The molecule has 1 spiro atoms. The largest absolute Gasteiger partial charge is 0.336 e. The van der Waals surface area contributed by atoms with Crippen LogP contribution >= 0.6 is 0 Å². The number of nitrogens with one attached hydrogen (secondary N) is 1. The zero-order chi connectivity index (χ0) is 19.7. The number of carbonyl (C=O) groups is 3. The van der Waals surface area contributed by atoms with Gasteiger partial charge in [-0.1, -0.05) is 48.0 Å². The van der Waals surface area contributed by atoms with Gasteiger partial charge in [0.05, 0.1) is 13.1 Å². The molecule has 2 heterocycles. The van der Waals surface area contributed by atoms with Gasteiger partial charge >= 0.3 is 6.03 Å². The smallest absolute Gasteiger partial charge is 0.325 e. The van der Waals surface area contributed by atoms with Gasteiger partial charge < -0.3 is 10.2 Å². The molecule has 4 rings (SSSR count). The van der Waals surface area contributed by atoms with E-state index < -0.39 is 11.6 Å². The summed E-state index contributed by atoms with van der Waals surface area (Å²) >= 11 is 0. The molecule has 28 heavy (non-hydrogen) atoms. The van der Waals surface area contributed by atoms with Gasteiger partial charge in [0, 0.05) is 12.1 Å². The molecule has 2 aliphatic heterocycles. The van der Waals surface area contributed by atoms with Crippen LogP contribution in [-0.2, 0) is 11.3 Å². The molecule has 0 aromatic heterocycles. The van der Waals surface area contributed by atoms with E-state index in [0.717, 1.165) is 11.1 Å². The maximum absolute atomic E-state index is 13.2. The minimum Gasteiger partial charge on any atom is -0.336 e. The van der Waals surface area contributed by atoms with Crippen LogP contribution in [-0.4, -0.2) is 46.3 Å². The summed E-state index contributed by atoms with van der Waals surface area (Å²) in [5.74, 6) is -0.352. The highest BCUT2D eigenvalue weighted by molar-refractivity contribution is 6.07. The number of carbonyl (C=O) groups excluding carboxylic acids is 3. The SMILES string of the molecule is Cc1cccc(C(=O)N2CCC[C@]3(C2)NC(=O)N(Cc2ccccc2)C3=O)c1. The van der Waals surface area contributed by atoms with Gasteiger partial charge in [-0.15, -0.1) is 0 Å². The van der Waals surface area contributed by atoms with Crippen molar-refractivity contribution >= 4 is 17.8 Å². The van der Waals surface area contributed by atoms with Crippen molar-refractivity contribution in [3.05, 3.63) is 71.3 Å². The summed E-state index contributed by atoms with van der Waals surface area (Å²) < 4.78 is 0. The van der Waals surface area contributed by atoms with Gasteiger partial charge in [0.15, 0.2) is 0 Å². The standard InChI is InChI=1S/C22H23N3O3/c1-16-7-5-10-18(13-16)19(26)24-12-6-11-22(15-24)20(27)25(21(28)23-22)14-17-8-3-2-4-9-17/h2-5,7-10,13H,6,11-12,14-15H2,1H3,(H,23,28)/t22-/m1/s1. The van der Waals surface area contributed by atoms with Crippen molar-refractivity contribution < 1.29 is 14.4 Å². The summed E-state index contributed by atoms with van der Waals surface area (Å²) in [5.41, 5.74) is 1.49. The fourth-order valence-corrected chi connectivity index (χ4v) is 4.05. The molecule has 0 aliphatic carbocycles. The highest BCUT2D eigenvalue weighted by Crippen LogP contribution is 2.30. The predicted octanol–water partition coefficient (Wildman–Crippen LogP) is 2.72. The highest BCUT2D eigenvalue weighted by atomic mass is 16.2. The van der Waals surface area contributed by atoms with Crippen molar-refractivity contribution in [1.82, 2.24) is 15.1 Å². The molecule has 2 fully saturated rings. The Morgan fingerprint density at radius 1 is 1.11 bits per heavy atom. The quantitative estimate of drug-likeness (QED) is 0.836. The maximum Gasteiger partial charge on any atom is 0.325 e. The van der Waals surface area contributed by atoms with Gasteiger partial charge in [-0.25, -0.2) is 4.79 Å². The third kappa shape index (κ3) is 3.26. The summed E-state index contributed by atoms with van der Waals surface area (Å²) in [4.78, 5) is 41.6.